The number of H-pyrrole nitrogens is 1. The minimum atomic E-state index is -2.58. The molecule has 3 aromatic rings. The van der Waals surface area contributed by atoms with Crippen molar-refractivity contribution in [2.75, 3.05) is 12.4 Å². The van der Waals surface area contributed by atoms with Gasteiger partial charge in [-0.1, -0.05) is 0 Å². The zero-order valence-corrected chi connectivity index (χ0v) is 17.1. The fourth-order valence-corrected chi connectivity index (χ4v) is 3.97. The van der Waals surface area contributed by atoms with Gasteiger partial charge in [0.2, 0.25) is 0 Å². The van der Waals surface area contributed by atoms with Crippen LogP contribution in [0.2, 0.25) is 0 Å². The van der Waals surface area contributed by atoms with Crippen LogP contribution < -0.4 is 5.32 Å². The smallest absolute Gasteiger partial charge is 0.335 e. The molecular weight excluding hydrogens is 412 g/mol. The average Bonchev–Trinajstić information content (AvgIpc) is 3.33. The molecule has 12 heteroatoms. The number of alkyl halides is 2. The Bertz CT molecular complexity index is 1090. The van der Waals surface area contributed by atoms with Crippen molar-refractivity contribution in [3.8, 4) is 0 Å². The Morgan fingerprint density at radius 2 is 2.16 bits per heavy atom. The van der Waals surface area contributed by atoms with Gasteiger partial charge in [0, 0.05) is 24.8 Å². The highest BCUT2D eigenvalue weighted by Gasteiger charge is 2.43. The summed E-state index contributed by atoms with van der Waals surface area (Å²) in [5.41, 5.74) is -0.0775. The van der Waals surface area contributed by atoms with Gasteiger partial charge >= 0.3 is 5.97 Å². The van der Waals surface area contributed by atoms with Gasteiger partial charge in [0.05, 0.1) is 11.6 Å². The van der Waals surface area contributed by atoms with Crippen LogP contribution >= 0.6 is 0 Å². The number of aryl methyl sites for hydroxylation is 1. The number of aromatic nitrogens is 6. The Morgan fingerprint density at radius 3 is 2.74 bits per heavy atom. The van der Waals surface area contributed by atoms with Crippen molar-refractivity contribution < 1.29 is 23.4 Å². The van der Waals surface area contributed by atoms with Crippen LogP contribution in [0.4, 0.5) is 20.4 Å². The molecule has 1 saturated carbocycles. The number of hydrogen-bond acceptors (Lipinski definition) is 7. The number of carbonyl (C=O) groups is 1. The first-order chi connectivity index (χ1) is 14.8. The number of carboxylic acid groups (broad SMARTS) is 1. The van der Waals surface area contributed by atoms with Crippen LogP contribution in [0, 0.1) is 6.92 Å². The van der Waals surface area contributed by atoms with E-state index in [1.165, 1.54) is 13.3 Å². The molecule has 0 atom stereocenters. The second kappa shape index (κ2) is 8.17. The van der Waals surface area contributed by atoms with Crippen LogP contribution in [-0.2, 0) is 16.1 Å². The maximum Gasteiger partial charge on any atom is 0.335 e. The predicted octanol–water partition coefficient (Wildman–Crippen LogP) is 2.99. The summed E-state index contributed by atoms with van der Waals surface area (Å²) in [6.45, 7) is 1.27. The van der Waals surface area contributed by atoms with Gasteiger partial charge in [-0.05, 0) is 32.6 Å². The molecule has 0 unspecified atom stereocenters. The molecule has 0 aromatic carbocycles. The highest BCUT2D eigenvalue weighted by atomic mass is 19.3. The molecule has 1 fully saturated rings. The van der Waals surface area contributed by atoms with Crippen LogP contribution in [0.15, 0.2) is 12.3 Å². The van der Waals surface area contributed by atoms with Crippen molar-refractivity contribution in [1.82, 2.24) is 29.9 Å². The van der Waals surface area contributed by atoms with Gasteiger partial charge in [-0.25, -0.2) is 28.2 Å². The van der Waals surface area contributed by atoms with Crippen molar-refractivity contribution in [1.29, 1.82) is 0 Å². The van der Waals surface area contributed by atoms with Gasteiger partial charge in [0.1, 0.15) is 18.2 Å². The number of carboxylic acids is 1. The molecule has 1 aliphatic rings. The first-order valence-corrected chi connectivity index (χ1v) is 9.90. The fourth-order valence-electron chi connectivity index (χ4n) is 3.97. The lowest BCUT2D eigenvalue weighted by molar-refractivity contribution is -0.166. The Kier molecular flexibility index (Phi) is 5.56. The molecule has 0 saturated heterocycles. The van der Waals surface area contributed by atoms with Gasteiger partial charge < -0.3 is 15.2 Å². The normalized spacial score (nSPS) is 21.6. The maximum absolute atomic E-state index is 13.0. The number of hydrogen-bond donors (Lipinski definition) is 3. The van der Waals surface area contributed by atoms with E-state index >= 15 is 0 Å². The van der Waals surface area contributed by atoms with E-state index in [0.29, 0.717) is 54.2 Å². The lowest BCUT2D eigenvalue weighted by Crippen LogP contribution is -2.43. The summed E-state index contributed by atoms with van der Waals surface area (Å²) in [5, 5.41) is 24.2. The largest absolute Gasteiger partial charge is 0.479 e. The van der Waals surface area contributed by atoms with Crippen molar-refractivity contribution in [2.45, 2.75) is 57.1 Å². The highest BCUT2D eigenvalue weighted by Crippen LogP contribution is 2.40. The van der Waals surface area contributed by atoms with Crippen LogP contribution in [0.1, 0.15) is 43.1 Å². The quantitative estimate of drug-likeness (QED) is 0.516. The molecule has 31 heavy (non-hydrogen) atoms. The van der Waals surface area contributed by atoms with Gasteiger partial charge in [-0.2, -0.15) is 10.2 Å². The minimum absolute atomic E-state index is 0.136. The molecule has 0 bridgehead atoms. The predicted molar refractivity (Wildman–Crippen MR) is 107 cm³/mol. The number of methoxy groups -OCH3 is 1. The first-order valence-electron chi connectivity index (χ1n) is 9.90. The highest BCUT2D eigenvalue weighted by molar-refractivity contribution is 5.88. The summed E-state index contributed by atoms with van der Waals surface area (Å²) >= 11 is 0. The molecule has 0 spiro atoms. The molecule has 3 aromatic heterocycles. The molecule has 4 rings (SSSR count). The molecule has 0 radical (unpaired) electrons. The summed E-state index contributed by atoms with van der Waals surface area (Å²) in [4.78, 5) is 20.8. The number of fused-ring (bicyclic) bond motifs is 1. The number of halogens is 2. The van der Waals surface area contributed by atoms with E-state index in [2.05, 4.69) is 30.6 Å². The van der Waals surface area contributed by atoms with E-state index < -0.39 is 24.5 Å². The molecule has 3 heterocycles. The van der Waals surface area contributed by atoms with Crippen molar-refractivity contribution in [2.24, 2.45) is 0 Å². The zero-order valence-electron chi connectivity index (χ0n) is 17.1. The van der Waals surface area contributed by atoms with Crippen molar-refractivity contribution in [3.63, 3.8) is 0 Å². The molecule has 1 aliphatic carbocycles. The summed E-state index contributed by atoms with van der Waals surface area (Å²) in [6, 6.07) is 1.79. The Morgan fingerprint density at radius 1 is 1.42 bits per heavy atom. The third-order valence-corrected chi connectivity index (χ3v) is 5.72. The van der Waals surface area contributed by atoms with Crippen LogP contribution in [0.25, 0.3) is 11.0 Å². The van der Waals surface area contributed by atoms with Crippen LogP contribution in [-0.4, -0.2) is 60.2 Å². The first kappa shape index (κ1) is 21.1. The second-order valence-electron chi connectivity index (χ2n) is 7.72. The van der Waals surface area contributed by atoms with E-state index in [1.807, 2.05) is 6.92 Å². The number of rotatable bonds is 7. The summed E-state index contributed by atoms with van der Waals surface area (Å²) in [7, 11) is 1.40. The standard InChI is InChI=1S/C19H23F2N7O3/c1-10-7-14(27-26-10)23-16-12-8-22-28(9-13(20)21)17(12)25-15(24-16)11-3-5-19(31-2,6-4-11)18(29)30/h7-8,11,13H,3-6,9H2,1-2H3,(H,29,30)(H2,23,24,25,26,27). The maximum atomic E-state index is 13.0. The number of aliphatic carboxylic acids is 1. The molecule has 0 aliphatic heterocycles. The number of aromatic amines is 1. The summed E-state index contributed by atoms with van der Waals surface area (Å²) < 4.78 is 32.5. The van der Waals surface area contributed by atoms with E-state index in [1.54, 1.807) is 6.07 Å². The monoisotopic (exact) mass is 435 g/mol. The second-order valence-corrected chi connectivity index (χ2v) is 7.72. The molecule has 3 N–H and O–H groups in total. The molecule has 0 amide bonds. The van der Waals surface area contributed by atoms with Gasteiger partial charge in [0.25, 0.3) is 6.43 Å². The summed E-state index contributed by atoms with van der Waals surface area (Å²) in [6.07, 6.45) is 0.473. The van der Waals surface area contributed by atoms with Crippen molar-refractivity contribution in [3.05, 3.63) is 23.8 Å². The van der Waals surface area contributed by atoms with Crippen molar-refractivity contribution >= 4 is 28.6 Å². The number of nitrogens with one attached hydrogen (secondary N) is 2. The number of anilines is 2. The fraction of sp³-hybridized carbons (Fsp3) is 0.526. The van der Waals surface area contributed by atoms with E-state index in [4.69, 9.17) is 4.74 Å². The molecular formula is C19H23F2N7O3. The Hall–Kier alpha value is -3.15. The third kappa shape index (κ3) is 4.07. The minimum Gasteiger partial charge on any atom is -0.479 e. The number of nitrogens with zero attached hydrogens (tertiary/aromatic N) is 5. The Balaban J connectivity index is 1.70. The van der Waals surface area contributed by atoms with E-state index in [-0.39, 0.29) is 5.92 Å². The van der Waals surface area contributed by atoms with E-state index in [9.17, 15) is 18.7 Å². The average molecular weight is 435 g/mol. The zero-order chi connectivity index (χ0) is 22.2. The van der Waals surface area contributed by atoms with E-state index in [0.717, 1.165) is 10.4 Å². The SMILES string of the molecule is COC1(C(=O)O)CCC(c2nc(Nc3cc(C)[nH]n3)c3cnn(CC(F)F)c3n2)CC1. The lowest BCUT2D eigenvalue weighted by Gasteiger charge is -2.35. The third-order valence-electron chi connectivity index (χ3n) is 5.72. The van der Waals surface area contributed by atoms with Gasteiger partial charge in [-0.3, -0.25) is 5.10 Å². The summed E-state index contributed by atoms with van der Waals surface area (Å²) in [5.74, 6) is 0.264. The van der Waals surface area contributed by atoms with Crippen LogP contribution in [0.3, 0.4) is 0 Å². The number of ether oxygens (including phenoxy) is 1. The van der Waals surface area contributed by atoms with Gasteiger partial charge in [0.15, 0.2) is 17.1 Å². The van der Waals surface area contributed by atoms with Gasteiger partial charge in [-0.15, -0.1) is 0 Å². The molecule has 166 valence electrons. The lowest BCUT2D eigenvalue weighted by atomic mass is 9.78. The van der Waals surface area contributed by atoms with Crippen LogP contribution in [0.5, 0.6) is 0 Å². The topological polar surface area (TPSA) is 131 Å². The molecule has 10 nitrogen and oxygen atoms in total. The Labute approximate surface area is 176 Å².